The van der Waals surface area contributed by atoms with E-state index in [2.05, 4.69) is 25.8 Å². The zero-order chi connectivity index (χ0) is 9.84. The third-order valence-corrected chi connectivity index (χ3v) is 2.40. The Hall–Kier alpha value is -0.120. The van der Waals surface area contributed by atoms with Gasteiger partial charge in [-0.1, -0.05) is 13.8 Å². The second kappa shape index (κ2) is 4.94. The Labute approximate surface area is 81.0 Å². The molecule has 0 aliphatic carbocycles. The molecular formula is C10H21NO2. The first kappa shape index (κ1) is 11.0. The van der Waals surface area contributed by atoms with Crippen molar-refractivity contribution in [2.24, 2.45) is 5.92 Å². The van der Waals surface area contributed by atoms with E-state index in [1.54, 1.807) is 7.11 Å². The van der Waals surface area contributed by atoms with Crippen LogP contribution in [0.25, 0.3) is 0 Å². The first-order chi connectivity index (χ1) is 6.13. The van der Waals surface area contributed by atoms with Crippen molar-refractivity contribution in [1.29, 1.82) is 0 Å². The fourth-order valence-electron chi connectivity index (χ4n) is 1.59. The maximum Gasteiger partial charge on any atom is 0.112 e. The maximum absolute atomic E-state index is 5.75. The Kier molecular flexibility index (Phi) is 4.16. The van der Waals surface area contributed by atoms with Gasteiger partial charge in [0.15, 0.2) is 0 Å². The molecule has 0 amide bonds. The zero-order valence-electron chi connectivity index (χ0n) is 9.12. The number of ether oxygens (including phenoxy) is 2. The molecule has 1 rings (SSSR count). The molecule has 78 valence electrons. The van der Waals surface area contributed by atoms with Gasteiger partial charge < -0.3 is 9.47 Å². The molecule has 1 aliphatic rings. The van der Waals surface area contributed by atoms with Crippen molar-refractivity contribution in [3.05, 3.63) is 0 Å². The lowest BCUT2D eigenvalue weighted by Gasteiger charge is -2.20. The summed E-state index contributed by atoms with van der Waals surface area (Å²) < 4.78 is 11.1. The van der Waals surface area contributed by atoms with E-state index in [4.69, 9.17) is 9.47 Å². The second-order valence-electron chi connectivity index (χ2n) is 4.21. The standard InChI is InChI=1S/C10H21NO2/c1-8(2)7-13-10-5-9(12-4)6-11(10)3/h8-10H,5-7H2,1-4H3/t9-,10-/m1/s1. The molecule has 0 spiro atoms. The summed E-state index contributed by atoms with van der Waals surface area (Å²) in [6, 6.07) is 0. The fraction of sp³-hybridized carbons (Fsp3) is 1.00. The lowest BCUT2D eigenvalue weighted by Crippen LogP contribution is -2.28. The predicted molar refractivity (Wildman–Crippen MR) is 52.6 cm³/mol. The highest BCUT2D eigenvalue weighted by Crippen LogP contribution is 2.19. The molecule has 1 aliphatic heterocycles. The van der Waals surface area contributed by atoms with Crippen molar-refractivity contribution >= 4 is 0 Å². The van der Waals surface area contributed by atoms with Crippen LogP contribution in [0, 0.1) is 5.92 Å². The van der Waals surface area contributed by atoms with Crippen molar-refractivity contribution in [2.45, 2.75) is 32.6 Å². The first-order valence-electron chi connectivity index (χ1n) is 4.98. The average molecular weight is 187 g/mol. The smallest absolute Gasteiger partial charge is 0.112 e. The number of rotatable bonds is 4. The normalized spacial score (nSPS) is 30.2. The molecule has 3 heteroatoms. The fourth-order valence-corrected chi connectivity index (χ4v) is 1.59. The van der Waals surface area contributed by atoms with E-state index in [0.717, 1.165) is 19.6 Å². The van der Waals surface area contributed by atoms with Gasteiger partial charge in [-0.2, -0.15) is 0 Å². The average Bonchev–Trinajstić information content (AvgIpc) is 2.43. The highest BCUT2D eigenvalue weighted by molar-refractivity contribution is 4.77. The SMILES string of the molecule is CO[C@@H]1C[C@@H](OCC(C)C)N(C)C1. The second-order valence-corrected chi connectivity index (χ2v) is 4.21. The molecule has 2 atom stereocenters. The van der Waals surface area contributed by atoms with Gasteiger partial charge in [0, 0.05) is 20.1 Å². The molecule has 0 saturated carbocycles. The third kappa shape index (κ3) is 3.25. The summed E-state index contributed by atoms with van der Waals surface area (Å²) in [4.78, 5) is 2.22. The Morgan fingerprint density at radius 3 is 2.62 bits per heavy atom. The van der Waals surface area contributed by atoms with Crippen LogP contribution in [0.3, 0.4) is 0 Å². The molecule has 0 radical (unpaired) electrons. The van der Waals surface area contributed by atoms with E-state index in [1.165, 1.54) is 0 Å². The maximum atomic E-state index is 5.75. The zero-order valence-corrected chi connectivity index (χ0v) is 9.12. The number of hydrogen-bond acceptors (Lipinski definition) is 3. The molecule has 0 bridgehead atoms. The Morgan fingerprint density at radius 1 is 1.46 bits per heavy atom. The molecule has 3 nitrogen and oxygen atoms in total. The summed E-state index contributed by atoms with van der Waals surface area (Å²) in [6.45, 7) is 6.16. The van der Waals surface area contributed by atoms with Gasteiger partial charge in [0.05, 0.1) is 12.7 Å². The number of hydrogen-bond donors (Lipinski definition) is 0. The van der Waals surface area contributed by atoms with E-state index in [0.29, 0.717) is 12.0 Å². The molecule has 0 aromatic carbocycles. The minimum absolute atomic E-state index is 0.257. The molecule has 0 unspecified atom stereocenters. The molecule has 0 N–H and O–H groups in total. The molecule has 1 saturated heterocycles. The number of nitrogens with zero attached hydrogens (tertiary/aromatic N) is 1. The van der Waals surface area contributed by atoms with Crippen LogP contribution in [0.2, 0.25) is 0 Å². The summed E-state index contributed by atoms with van der Waals surface area (Å²) in [6.07, 6.45) is 1.61. The monoisotopic (exact) mass is 187 g/mol. The van der Waals surface area contributed by atoms with Gasteiger partial charge in [0.2, 0.25) is 0 Å². The summed E-state index contributed by atoms with van der Waals surface area (Å²) in [7, 11) is 3.85. The Bertz CT molecular complexity index is 150. The molecule has 13 heavy (non-hydrogen) atoms. The summed E-state index contributed by atoms with van der Waals surface area (Å²) in [5.74, 6) is 0.606. The van der Waals surface area contributed by atoms with Crippen molar-refractivity contribution in [3.8, 4) is 0 Å². The van der Waals surface area contributed by atoms with E-state index in [-0.39, 0.29) is 6.23 Å². The number of likely N-dealkylation sites (tertiary alicyclic amines) is 1. The third-order valence-electron chi connectivity index (χ3n) is 2.40. The molecule has 1 heterocycles. The largest absolute Gasteiger partial charge is 0.380 e. The van der Waals surface area contributed by atoms with Gasteiger partial charge in [0.25, 0.3) is 0 Å². The minimum Gasteiger partial charge on any atom is -0.380 e. The Morgan fingerprint density at radius 2 is 2.15 bits per heavy atom. The van der Waals surface area contributed by atoms with Crippen LogP contribution in [0.4, 0.5) is 0 Å². The highest BCUT2D eigenvalue weighted by atomic mass is 16.5. The van der Waals surface area contributed by atoms with Crippen LogP contribution in [0.15, 0.2) is 0 Å². The topological polar surface area (TPSA) is 21.7 Å². The number of likely N-dealkylation sites (N-methyl/N-ethyl adjacent to an activating group) is 1. The van der Waals surface area contributed by atoms with Crippen LogP contribution in [0.5, 0.6) is 0 Å². The molecule has 1 fully saturated rings. The van der Waals surface area contributed by atoms with Crippen LogP contribution >= 0.6 is 0 Å². The van der Waals surface area contributed by atoms with Crippen molar-refractivity contribution in [2.75, 3.05) is 27.3 Å². The lowest BCUT2D eigenvalue weighted by molar-refractivity contribution is -0.0362. The Balaban J connectivity index is 2.26. The van der Waals surface area contributed by atoms with Gasteiger partial charge in [-0.15, -0.1) is 0 Å². The van der Waals surface area contributed by atoms with E-state index < -0.39 is 0 Å². The van der Waals surface area contributed by atoms with E-state index >= 15 is 0 Å². The summed E-state index contributed by atoms with van der Waals surface area (Å²) in [5.41, 5.74) is 0. The van der Waals surface area contributed by atoms with Crippen LogP contribution in [0.1, 0.15) is 20.3 Å². The first-order valence-corrected chi connectivity index (χ1v) is 4.98. The lowest BCUT2D eigenvalue weighted by atomic mass is 10.2. The van der Waals surface area contributed by atoms with E-state index in [1.807, 2.05) is 0 Å². The quantitative estimate of drug-likeness (QED) is 0.663. The molecule has 0 aromatic rings. The molecule has 0 aromatic heterocycles. The van der Waals surface area contributed by atoms with E-state index in [9.17, 15) is 0 Å². The predicted octanol–water partition coefficient (Wildman–Crippen LogP) is 1.34. The van der Waals surface area contributed by atoms with Gasteiger partial charge >= 0.3 is 0 Å². The van der Waals surface area contributed by atoms with Gasteiger partial charge in [0.1, 0.15) is 6.23 Å². The minimum atomic E-state index is 0.257. The molecular weight excluding hydrogens is 166 g/mol. The number of methoxy groups -OCH3 is 1. The highest BCUT2D eigenvalue weighted by Gasteiger charge is 2.29. The van der Waals surface area contributed by atoms with Crippen LogP contribution in [-0.2, 0) is 9.47 Å². The van der Waals surface area contributed by atoms with Crippen LogP contribution < -0.4 is 0 Å². The van der Waals surface area contributed by atoms with Gasteiger partial charge in [-0.05, 0) is 13.0 Å². The van der Waals surface area contributed by atoms with Crippen molar-refractivity contribution < 1.29 is 9.47 Å². The summed E-state index contributed by atoms with van der Waals surface area (Å²) >= 11 is 0. The van der Waals surface area contributed by atoms with Gasteiger partial charge in [-0.25, -0.2) is 0 Å². The van der Waals surface area contributed by atoms with Crippen molar-refractivity contribution in [1.82, 2.24) is 4.90 Å². The van der Waals surface area contributed by atoms with Gasteiger partial charge in [-0.3, -0.25) is 4.90 Å². The van der Waals surface area contributed by atoms with Crippen LogP contribution in [-0.4, -0.2) is 44.5 Å². The van der Waals surface area contributed by atoms with Crippen molar-refractivity contribution in [3.63, 3.8) is 0 Å². The summed E-state index contributed by atoms with van der Waals surface area (Å²) in [5, 5.41) is 0.